The van der Waals surface area contributed by atoms with Gasteiger partial charge in [-0.1, -0.05) is 36.4 Å². The van der Waals surface area contributed by atoms with Crippen molar-refractivity contribution >= 4 is 22.4 Å². The van der Waals surface area contributed by atoms with Crippen LogP contribution in [0.2, 0.25) is 0 Å². The van der Waals surface area contributed by atoms with Gasteiger partial charge >= 0.3 is 0 Å². The van der Waals surface area contributed by atoms with Gasteiger partial charge in [-0.25, -0.2) is 0 Å². The normalized spacial score (nSPS) is 13.4. The lowest BCUT2D eigenvalue weighted by Gasteiger charge is -2.23. The Morgan fingerprint density at radius 2 is 1.83 bits per heavy atom. The molecule has 0 unspecified atom stereocenters. The van der Waals surface area contributed by atoms with E-state index in [4.69, 9.17) is 9.47 Å². The van der Waals surface area contributed by atoms with E-state index in [1.165, 1.54) is 12.8 Å². The third-order valence-electron chi connectivity index (χ3n) is 5.61. The van der Waals surface area contributed by atoms with Crippen molar-refractivity contribution in [3.8, 4) is 11.5 Å². The Hall–Kier alpha value is -3.05. The predicted octanol–water partition coefficient (Wildman–Crippen LogP) is 4.85. The zero-order valence-electron chi connectivity index (χ0n) is 17.6. The summed E-state index contributed by atoms with van der Waals surface area (Å²) in [7, 11) is 3.35. The summed E-state index contributed by atoms with van der Waals surface area (Å²) >= 11 is 0. The lowest BCUT2D eigenvalue weighted by Crippen LogP contribution is -2.29. The molecule has 5 heteroatoms. The first-order chi connectivity index (χ1) is 14.7. The number of carbonyl (C=O) groups excluding carboxylic acids is 1. The van der Waals surface area contributed by atoms with Crippen molar-refractivity contribution in [1.29, 1.82) is 0 Å². The maximum absolute atomic E-state index is 12.7. The molecule has 1 amide bonds. The number of anilines is 1. The van der Waals surface area contributed by atoms with Crippen molar-refractivity contribution in [3.05, 3.63) is 66.2 Å². The van der Waals surface area contributed by atoms with Gasteiger partial charge in [-0.3, -0.25) is 9.69 Å². The molecule has 4 rings (SSSR count). The van der Waals surface area contributed by atoms with Gasteiger partial charge in [0.15, 0.2) is 0 Å². The summed E-state index contributed by atoms with van der Waals surface area (Å²) in [5, 5.41) is 5.28. The summed E-state index contributed by atoms with van der Waals surface area (Å²) in [4.78, 5) is 15.1. The number of fused-ring (bicyclic) bond motifs is 1. The third kappa shape index (κ3) is 4.74. The fourth-order valence-electron chi connectivity index (χ4n) is 3.85. The molecule has 0 bridgehead atoms. The second-order valence-corrected chi connectivity index (χ2v) is 7.70. The van der Waals surface area contributed by atoms with Crippen LogP contribution < -0.4 is 14.8 Å². The van der Waals surface area contributed by atoms with Crippen LogP contribution in [0, 0.1) is 0 Å². The standard InChI is InChI=1S/C25H28N2O3/c1-29-21-12-13-24(30-2)19(16-21)17-27(20-10-11-20)15-14-25(28)26-23-9-5-7-18-6-3-4-8-22(18)23/h3-9,12-13,16,20H,10-11,14-15,17H2,1-2H3,(H,26,28). The minimum atomic E-state index is 0.0367. The SMILES string of the molecule is COc1ccc(OC)c(CN(CCC(=O)Nc2cccc3ccccc23)C2CC2)c1. The van der Waals surface area contributed by atoms with E-state index < -0.39 is 0 Å². The number of amides is 1. The minimum absolute atomic E-state index is 0.0367. The molecule has 3 aromatic rings. The number of carbonyl (C=O) groups is 1. The molecule has 0 radical (unpaired) electrons. The van der Waals surface area contributed by atoms with E-state index in [0.29, 0.717) is 19.0 Å². The molecule has 0 aliphatic heterocycles. The van der Waals surface area contributed by atoms with E-state index in [2.05, 4.69) is 22.3 Å². The molecular weight excluding hydrogens is 376 g/mol. The highest BCUT2D eigenvalue weighted by Gasteiger charge is 2.29. The zero-order chi connectivity index (χ0) is 20.9. The molecule has 1 fully saturated rings. The fourth-order valence-corrected chi connectivity index (χ4v) is 3.85. The molecule has 1 aliphatic carbocycles. The molecule has 0 aromatic heterocycles. The zero-order valence-corrected chi connectivity index (χ0v) is 17.6. The molecule has 0 spiro atoms. The summed E-state index contributed by atoms with van der Waals surface area (Å²) < 4.78 is 10.9. The van der Waals surface area contributed by atoms with E-state index >= 15 is 0 Å². The van der Waals surface area contributed by atoms with Gasteiger partial charge in [0.05, 0.1) is 14.2 Å². The minimum Gasteiger partial charge on any atom is -0.497 e. The van der Waals surface area contributed by atoms with E-state index in [-0.39, 0.29) is 5.91 Å². The second kappa shape index (κ2) is 9.18. The van der Waals surface area contributed by atoms with Crippen molar-refractivity contribution < 1.29 is 14.3 Å². The Morgan fingerprint density at radius 3 is 2.60 bits per heavy atom. The summed E-state index contributed by atoms with van der Waals surface area (Å²) in [5.41, 5.74) is 1.95. The molecule has 1 aliphatic rings. The molecule has 5 nitrogen and oxygen atoms in total. The van der Waals surface area contributed by atoms with E-state index in [0.717, 1.165) is 40.1 Å². The number of ether oxygens (including phenoxy) is 2. The van der Waals surface area contributed by atoms with E-state index in [1.54, 1.807) is 14.2 Å². The van der Waals surface area contributed by atoms with Crippen LogP contribution in [0.25, 0.3) is 10.8 Å². The van der Waals surface area contributed by atoms with E-state index in [9.17, 15) is 4.79 Å². The molecule has 3 aromatic carbocycles. The molecule has 156 valence electrons. The van der Waals surface area contributed by atoms with Crippen LogP contribution in [0.5, 0.6) is 11.5 Å². The summed E-state index contributed by atoms with van der Waals surface area (Å²) in [6.45, 7) is 1.45. The molecule has 30 heavy (non-hydrogen) atoms. The summed E-state index contributed by atoms with van der Waals surface area (Å²) in [6, 6.07) is 20.5. The van der Waals surface area contributed by atoms with Crippen LogP contribution in [0.15, 0.2) is 60.7 Å². The number of methoxy groups -OCH3 is 2. The van der Waals surface area contributed by atoms with Gasteiger partial charge in [0.1, 0.15) is 11.5 Å². The maximum atomic E-state index is 12.7. The monoisotopic (exact) mass is 404 g/mol. The van der Waals surface area contributed by atoms with Crippen LogP contribution in [0.3, 0.4) is 0 Å². The highest BCUT2D eigenvalue weighted by Crippen LogP contribution is 2.32. The molecule has 1 N–H and O–H groups in total. The smallest absolute Gasteiger partial charge is 0.225 e. The Labute approximate surface area is 177 Å². The van der Waals surface area contributed by atoms with Crippen molar-refractivity contribution in [1.82, 2.24) is 4.90 Å². The van der Waals surface area contributed by atoms with Crippen molar-refractivity contribution in [2.75, 3.05) is 26.1 Å². The largest absolute Gasteiger partial charge is 0.497 e. The van der Waals surface area contributed by atoms with Gasteiger partial charge in [-0.05, 0) is 42.5 Å². The van der Waals surface area contributed by atoms with Gasteiger partial charge in [-0.2, -0.15) is 0 Å². The first-order valence-corrected chi connectivity index (χ1v) is 10.4. The molecular formula is C25H28N2O3. The fraction of sp³-hybridized carbons (Fsp3) is 0.320. The van der Waals surface area contributed by atoms with Gasteiger partial charge in [0.25, 0.3) is 0 Å². The molecule has 0 saturated heterocycles. The number of rotatable bonds is 9. The Morgan fingerprint density at radius 1 is 1.03 bits per heavy atom. The maximum Gasteiger partial charge on any atom is 0.225 e. The summed E-state index contributed by atoms with van der Waals surface area (Å²) in [5.74, 6) is 1.70. The first-order valence-electron chi connectivity index (χ1n) is 10.4. The number of hydrogen-bond donors (Lipinski definition) is 1. The quantitative estimate of drug-likeness (QED) is 0.554. The van der Waals surface area contributed by atoms with Gasteiger partial charge < -0.3 is 14.8 Å². The van der Waals surface area contributed by atoms with Crippen LogP contribution in [-0.2, 0) is 11.3 Å². The number of nitrogens with zero attached hydrogens (tertiary/aromatic N) is 1. The van der Waals surface area contributed by atoms with E-state index in [1.807, 2.05) is 48.5 Å². The number of hydrogen-bond acceptors (Lipinski definition) is 4. The van der Waals surface area contributed by atoms with Gasteiger partial charge in [-0.15, -0.1) is 0 Å². The van der Waals surface area contributed by atoms with Gasteiger partial charge in [0, 0.05) is 42.2 Å². The first kappa shape index (κ1) is 20.2. The van der Waals surface area contributed by atoms with Gasteiger partial charge in [0.2, 0.25) is 5.91 Å². The van der Waals surface area contributed by atoms with Crippen molar-refractivity contribution in [2.45, 2.75) is 31.8 Å². The average Bonchev–Trinajstić information content (AvgIpc) is 3.62. The Bertz CT molecular complexity index is 1020. The number of benzene rings is 3. The van der Waals surface area contributed by atoms with Crippen LogP contribution in [0.1, 0.15) is 24.8 Å². The Balaban J connectivity index is 1.41. The topological polar surface area (TPSA) is 50.8 Å². The summed E-state index contributed by atoms with van der Waals surface area (Å²) in [6.07, 6.45) is 2.81. The van der Waals surface area contributed by atoms with Crippen LogP contribution >= 0.6 is 0 Å². The lowest BCUT2D eigenvalue weighted by atomic mass is 10.1. The highest BCUT2D eigenvalue weighted by molar-refractivity contribution is 6.02. The number of nitrogens with one attached hydrogen (secondary N) is 1. The molecule has 0 heterocycles. The lowest BCUT2D eigenvalue weighted by molar-refractivity contribution is -0.116. The predicted molar refractivity (Wildman–Crippen MR) is 120 cm³/mol. The second-order valence-electron chi connectivity index (χ2n) is 7.70. The highest BCUT2D eigenvalue weighted by atomic mass is 16.5. The van der Waals surface area contributed by atoms with Crippen LogP contribution in [0.4, 0.5) is 5.69 Å². The van der Waals surface area contributed by atoms with Crippen molar-refractivity contribution in [2.24, 2.45) is 0 Å². The molecule has 0 atom stereocenters. The van der Waals surface area contributed by atoms with Crippen molar-refractivity contribution in [3.63, 3.8) is 0 Å². The third-order valence-corrected chi connectivity index (χ3v) is 5.61. The molecule has 1 saturated carbocycles. The average molecular weight is 405 g/mol. The Kier molecular flexibility index (Phi) is 6.19. The van der Waals surface area contributed by atoms with Crippen LogP contribution in [-0.4, -0.2) is 37.6 Å².